The molecule has 0 aliphatic rings. The summed E-state index contributed by atoms with van der Waals surface area (Å²) in [6.45, 7) is 0. The van der Waals surface area contributed by atoms with Gasteiger partial charge in [-0.3, -0.25) is 4.57 Å². The van der Waals surface area contributed by atoms with E-state index in [-0.39, 0.29) is 16.4 Å². The Morgan fingerprint density at radius 1 is 1.39 bits per heavy atom. The summed E-state index contributed by atoms with van der Waals surface area (Å²) in [6.07, 6.45) is 0. The van der Waals surface area contributed by atoms with Crippen LogP contribution in [0.3, 0.4) is 0 Å². The molecule has 0 saturated carbocycles. The van der Waals surface area contributed by atoms with Gasteiger partial charge in [0.25, 0.3) is 15.2 Å². The molecule has 0 aliphatic heterocycles. The Labute approximate surface area is 107 Å². The molecule has 0 bridgehead atoms. The van der Waals surface area contributed by atoms with E-state index in [0.717, 1.165) is 10.6 Å². The zero-order valence-electron chi connectivity index (χ0n) is 9.13. The summed E-state index contributed by atoms with van der Waals surface area (Å²) < 4.78 is 37.1. The van der Waals surface area contributed by atoms with E-state index in [1.165, 1.54) is 19.2 Å². The van der Waals surface area contributed by atoms with Crippen molar-refractivity contribution in [2.24, 2.45) is 12.2 Å². The maximum absolute atomic E-state index is 13.7. The highest BCUT2D eigenvalue weighted by Crippen LogP contribution is 2.24. The smallest absolute Gasteiger partial charge is 0.273 e. The van der Waals surface area contributed by atoms with Crippen LogP contribution in [-0.4, -0.2) is 23.2 Å². The molecular formula is C9H8ClFN4O2S. The van der Waals surface area contributed by atoms with Gasteiger partial charge in [-0.25, -0.2) is 17.9 Å². The first-order valence-corrected chi connectivity index (χ1v) is 6.61. The molecule has 18 heavy (non-hydrogen) atoms. The van der Waals surface area contributed by atoms with Crippen LogP contribution in [0.5, 0.6) is 0 Å². The molecule has 0 unspecified atom stereocenters. The standard InChI is InChI=1S/C9H8ClFN4O2S/c1-15-8(13-14-9(15)18(12,16)17)6-3-2-5(10)4-7(6)11/h2-4H,1H3,(H2,12,16,17). The first kappa shape index (κ1) is 12.9. The van der Waals surface area contributed by atoms with Gasteiger partial charge in [-0.1, -0.05) is 11.6 Å². The number of nitrogens with zero attached hydrogens (tertiary/aromatic N) is 3. The maximum atomic E-state index is 13.7. The lowest BCUT2D eigenvalue weighted by molar-refractivity contribution is 0.580. The van der Waals surface area contributed by atoms with E-state index >= 15 is 0 Å². The van der Waals surface area contributed by atoms with E-state index < -0.39 is 21.0 Å². The Morgan fingerprint density at radius 3 is 2.56 bits per heavy atom. The van der Waals surface area contributed by atoms with Crippen LogP contribution < -0.4 is 5.14 Å². The van der Waals surface area contributed by atoms with Crippen molar-refractivity contribution in [1.82, 2.24) is 14.8 Å². The summed E-state index contributed by atoms with van der Waals surface area (Å²) in [5.41, 5.74) is 0.0873. The van der Waals surface area contributed by atoms with Crippen LogP contribution in [0.2, 0.25) is 5.02 Å². The molecule has 6 nitrogen and oxygen atoms in total. The number of hydrogen-bond donors (Lipinski definition) is 1. The minimum atomic E-state index is -4.00. The van der Waals surface area contributed by atoms with Crippen molar-refractivity contribution >= 4 is 21.6 Å². The molecule has 1 aromatic heterocycles. The molecule has 0 aliphatic carbocycles. The van der Waals surface area contributed by atoms with Crippen molar-refractivity contribution in [3.05, 3.63) is 29.0 Å². The van der Waals surface area contributed by atoms with Crippen LogP contribution in [0.25, 0.3) is 11.4 Å². The van der Waals surface area contributed by atoms with E-state index in [1.807, 2.05) is 0 Å². The Balaban J connectivity index is 2.63. The van der Waals surface area contributed by atoms with Gasteiger partial charge in [0.05, 0.1) is 5.56 Å². The minimum Gasteiger partial charge on any atom is -0.300 e. The van der Waals surface area contributed by atoms with Crippen molar-refractivity contribution in [2.45, 2.75) is 5.16 Å². The molecule has 1 heterocycles. The van der Waals surface area contributed by atoms with Gasteiger partial charge in [0, 0.05) is 12.1 Å². The van der Waals surface area contributed by atoms with Crippen LogP contribution in [-0.2, 0) is 17.1 Å². The monoisotopic (exact) mass is 290 g/mol. The number of benzene rings is 1. The number of hydrogen-bond acceptors (Lipinski definition) is 4. The van der Waals surface area contributed by atoms with Gasteiger partial charge in [-0.2, -0.15) is 0 Å². The third kappa shape index (κ3) is 2.22. The quantitative estimate of drug-likeness (QED) is 0.890. The van der Waals surface area contributed by atoms with E-state index in [1.54, 1.807) is 0 Å². The van der Waals surface area contributed by atoms with Crippen molar-refractivity contribution < 1.29 is 12.8 Å². The molecule has 0 fully saturated rings. The van der Waals surface area contributed by atoms with Crippen LogP contribution in [0.15, 0.2) is 23.4 Å². The predicted octanol–water partition coefficient (Wildman–Crippen LogP) is 0.922. The largest absolute Gasteiger partial charge is 0.300 e. The Bertz CT molecular complexity index is 713. The lowest BCUT2D eigenvalue weighted by atomic mass is 10.2. The van der Waals surface area contributed by atoms with Crippen LogP contribution in [0, 0.1) is 5.82 Å². The van der Waals surface area contributed by atoms with Crippen molar-refractivity contribution in [1.29, 1.82) is 0 Å². The number of nitrogens with two attached hydrogens (primary N) is 1. The lowest BCUT2D eigenvalue weighted by Crippen LogP contribution is -2.17. The van der Waals surface area contributed by atoms with Crippen LogP contribution in [0.1, 0.15) is 0 Å². The average molecular weight is 291 g/mol. The van der Waals surface area contributed by atoms with Crippen molar-refractivity contribution in [3.63, 3.8) is 0 Å². The second-order valence-electron chi connectivity index (χ2n) is 3.53. The SMILES string of the molecule is Cn1c(-c2ccc(Cl)cc2F)nnc1S(N)(=O)=O. The number of rotatable bonds is 2. The highest BCUT2D eigenvalue weighted by molar-refractivity contribution is 7.89. The van der Waals surface area contributed by atoms with Gasteiger partial charge in [-0.05, 0) is 18.2 Å². The summed E-state index contributed by atoms with van der Waals surface area (Å²) in [6, 6.07) is 3.95. The molecule has 0 amide bonds. The van der Waals surface area contributed by atoms with Crippen LogP contribution in [0.4, 0.5) is 4.39 Å². The van der Waals surface area contributed by atoms with Gasteiger partial charge >= 0.3 is 0 Å². The zero-order chi connectivity index (χ0) is 13.5. The van der Waals surface area contributed by atoms with Gasteiger partial charge < -0.3 is 0 Å². The third-order valence-electron chi connectivity index (χ3n) is 2.26. The molecule has 2 rings (SSSR count). The topological polar surface area (TPSA) is 90.9 Å². The van der Waals surface area contributed by atoms with Crippen molar-refractivity contribution in [2.75, 3.05) is 0 Å². The van der Waals surface area contributed by atoms with Gasteiger partial charge in [0.2, 0.25) is 0 Å². The molecular weight excluding hydrogens is 283 g/mol. The number of sulfonamides is 1. The Morgan fingerprint density at radius 2 is 2.06 bits per heavy atom. The molecule has 0 saturated heterocycles. The van der Waals surface area contributed by atoms with Gasteiger partial charge in [0.1, 0.15) is 5.82 Å². The van der Waals surface area contributed by atoms with Crippen molar-refractivity contribution in [3.8, 4) is 11.4 Å². The summed E-state index contributed by atoms with van der Waals surface area (Å²) in [5.74, 6) is -0.577. The molecule has 96 valence electrons. The first-order chi connectivity index (χ1) is 8.30. The van der Waals surface area contributed by atoms with E-state index in [0.29, 0.717) is 0 Å². The Kier molecular flexibility index (Phi) is 3.09. The first-order valence-electron chi connectivity index (χ1n) is 4.68. The number of aromatic nitrogens is 3. The molecule has 0 radical (unpaired) electrons. The summed E-state index contributed by atoms with van der Waals surface area (Å²) >= 11 is 5.62. The molecule has 9 heteroatoms. The average Bonchev–Trinajstić information content (AvgIpc) is 2.60. The lowest BCUT2D eigenvalue weighted by Gasteiger charge is -2.04. The molecule has 0 atom stereocenters. The molecule has 1 aromatic carbocycles. The number of halogens is 2. The molecule has 0 spiro atoms. The van der Waals surface area contributed by atoms with E-state index in [9.17, 15) is 12.8 Å². The Hall–Kier alpha value is -1.51. The fraction of sp³-hybridized carbons (Fsp3) is 0.111. The van der Waals surface area contributed by atoms with Crippen LogP contribution >= 0.6 is 11.6 Å². The molecule has 2 aromatic rings. The third-order valence-corrected chi connectivity index (χ3v) is 3.36. The van der Waals surface area contributed by atoms with Gasteiger partial charge in [0.15, 0.2) is 5.82 Å². The fourth-order valence-electron chi connectivity index (χ4n) is 1.47. The van der Waals surface area contributed by atoms with Gasteiger partial charge in [-0.15, -0.1) is 10.2 Å². The van der Waals surface area contributed by atoms with E-state index in [4.69, 9.17) is 16.7 Å². The highest BCUT2D eigenvalue weighted by Gasteiger charge is 2.21. The summed E-state index contributed by atoms with van der Waals surface area (Å²) in [7, 11) is -2.62. The summed E-state index contributed by atoms with van der Waals surface area (Å²) in [5, 5.41) is 11.8. The predicted molar refractivity (Wildman–Crippen MR) is 62.8 cm³/mol. The molecule has 2 N–H and O–H groups in total. The minimum absolute atomic E-state index is 0.0493. The highest BCUT2D eigenvalue weighted by atomic mass is 35.5. The normalized spacial score (nSPS) is 11.8. The fourth-order valence-corrected chi connectivity index (χ4v) is 2.25. The van der Waals surface area contributed by atoms with E-state index in [2.05, 4.69) is 10.2 Å². The second-order valence-corrected chi connectivity index (χ2v) is 5.43. The summed E-state index contributed by atoms with van der Waals surface area (Å²) in [4.78, 5) is 0. The second kappa shape index (κ2) is 4.30. The maximum Gasteiger partial charge on any atom is 0.273 e. The number of primary sulfonamides is 1. The zero-order valence-corrected chi connectivity index (χ0v) is 10.7.